The number of hydrogen-bond donors (Lipinski definition) is 0. The summed E-state index contributed by atoms with van der Waals surface area (Å²) < 4.78 is 27.5. The zero-order chi connectivity index (χ0) is 12.9. The lowest BCUT2D eigenvalue weighted by molar-refractivity contribution is -0.144. The largest absolute Gasteiger partial charge is 0.464 e. The Morgan fingerprint density at radius 3 is 2.41 bits per heavy atom. The highest BCUT2D eigenvalue weighted by Crippen LogP contribution is 2.04. The molecule has 0 aliphatic carbocycles. The summed E-state index contributed by atoms with van der Waals surface area (Å²) in [4.78, 5) is 13.3. The van der Waals surface area contributed by atoms with Gasteiger partial charge in [-0.3, -0.25) is 9.69 Å². The van der Waals surface area contributed by atoms with Crippen LogP contribution in [0.1, 0.15) is 20.3 Å². The Morgan fingerprint density at radius 1 is 1.29 bits per heavy atom. The zero-order valence-corrected chi connectivity index (χ0v) is 11.3. The van der Waals surface area contributed by atoms with E-state index in [4.69, 9.17) is 4.74 Å². The van der Waals surface area contributed by atoms with Crippen molar-refractivity contribution in [3.63, 3.8) is 0 Å². The standard InChI is InChI=1S/C11H21NO4S/c1-10(2)9-11(13)16-6-3-12-4-7-17(14,15)8-5-12/h10H,3-9H2,1-2H3. The number of ether oxygens (including phenoxy) is 1. The Morgan fingerprint density at radius 2 is 1.88 bits per heavy atom. The second-order valence-electron chi connectivity index (χ2n) is 4.81. The minimum Gasteiger partial charge on any atom is -0.464 e. The van der Waals surface area contributed by atoms with Gasteiger partial charge in [0.2, 0.25) is 0 Å². The molecule has 100 valence electrons. The molecule has 0 bridgehead atoms. The van der Waals surface area contributed by atoms with Gasteiger partial charge in [0.1, 0.15) is 6.61 Å². The van der Waals surface area contributed by atoms with Crippen molar-refractivity contribution in [1.29, 1.82) is 0 Å². The van der Waals surface area contributed by atoms with Gasteiger partial charge in [-0.1, -0.05) is 13.8 Å². The third-order valence-corrected chi connectivity index (χ3v) is 4.29. The molecule has 1 fully saturated rings. The van der Waals surface area contributed by atoms with Crippen LogP contribution in [-0.2, 0) is 19.4 Å². The van der Waals surface area contributed by atoms with Crippen molar-refractivity contribution in [2.75, 3.05) is 37.7 Å². The average Bonchev–Trinajstić information content (AvgIpc) is 2.19. The predicted octanol–water partition coefficient (Wildman–Crippen LogP) is 0.306. The van der Waals surface area contributed by atoms with Crippen LogP contribution in [0.3, 0.4) is 0 Å². The topological polar surface area (TPSA) is 63.7 Å². The molecule has 0 unspecified atom stereocenters. The number of nitrogens with zero attached hydrogens (tertiary/aromatic N) is 1. The van der Waals surface area contributed by atoms with Gasteiger partial charge in [-0.2, -0.15) is 0 Å². The molecule has 17 heavy (non-hydrogen) atoms. The van der Waals surface area contributed by atoms with Crippen molar-refractivity contribution in [1.82, 2.24) is 4.90 Å². The van der Waals surface area contributed by atoms with Crippen LogP contribution in [0.4, 0.5) is 0 Å². The van der Waals surface area contributed by atoms with E-state index in [0.717, 1.165) is 0 Å². The molecule has 0 saturated carbocycles. The van der Waals surface area contributed by atoms with Gasteiger partial charge in [0.05, 0.1) is 11.5 Å². The lowest BCUT2D eigenvalue weighted by Gasteiger charge is -2.26. The molecule has 1 heterocycles. The Kier molecular flexibility index (Phi) is 5.39. The van der Waals surface area contributed by atoms with E-state index >= 15 is 0 Å². The van der Waals surface area contributed by atoms with Gasteiger partial charge in [0.15, 0.2) is 9.84 Å². The smallest absolute Gasteiger partial charge is 0.306 e. The van der Waals surface area contributed by atoms with Crippen molar-refractivity contribution in [3.8, 4) is 0 Å². The molecule has 6 heteroatoms. The first-order valence-corrected chi connectivity index (χ1v) is 7.79. The SMILES string of the molecule is CC(C)CC(=O)OCCN1CCS(=O)(=O)CC1. The Hall–Kier alpha value is -0.620. The van der Waals surface area contributed by atoms with E-state index in [-0.39, 0.29) is 17.5 Å². The highest BCUT2D eigenvalue weighted by Gasteiger charge is 2.21. The van der Waals surface area contributed by atoms with Crippen molar-refractivity contribution in [2.24, 2.45) is 5.92 Å². The molecule has 0 aromatic rings. The summed E-state index contributed by atoms with van der Waals surface area (Å²) in [6, 6.07) is 0. The van der Waals surface area contributed by atoms with E-state index in [1.54, 1.807) is 0 Å². The first-order chi connectivity index (χ1) is 7.89. The summed E-state index contributed by atoms with van der Waals surface area (Å²) in [7, 11) is -2.82. The van der Waals surface area contributed by atoms with E-state index < -0.39 is 9.84 Å². The molecule has 0 N–H and O–H groups in total. The normalized spacial score (nSPS) is 20.4. The van der Waals surface area contributed by atoms with Crippen molar-refractivity contribution >= 4 is 15.8 Å². The molecular weight excluding hydrogens is 242 g/mol. The highest BCUT2D eigenvalue weighted by atomic mass is 32.2. The van der Waals surface area contributed by atoms with Gasteiger partial charge in [-0.05, 0) is 5.92 Å². The lowest BCUT2D eigenvalue weighted by Crippen LogP contribution is -2.41. The molecular formula is C11H21NO4S. The summed E-state index contributed by atoms with van der Waals surface area (Å²) in [6.07, 6.45) is 0.439. The van der Waals surface area contributed by atoms with Crippen LogP contribution in [0.5, 0.6) is 0 Å². The number of rotatable bonds is 5. The van der Waals surface area contributed by atoms with E-state index in [1.165, 1.54) is 0 Å². The number of carbonyl (C=O) groups excluding carboxylic acids is 1. The zero-order valence-electron chi connectivity index (χ0n) is 10.5. The average molecular weight is 263 g/mol. The van der Waals surface area contributed by atoms with Crippen LogP contribution >= 0.6 is 0 Å². The number of carbonyl (C=O) groups is 1. The molecule has 5 nitrogen and oxygen atoms in total. The van der Waals surface area contributed by atoms with Crippen LogP contribution in [0.2, 0.25) is 0 Å². The third-order valence-electron chi connectivity index (χ3n) is 2.68. The molecule has 0 atom stereocenters. The quantitative estimate of drug-likeness (QED) is 0.668. The monoisotopic (exact) mass is 263 g/mol. The van der Waals surface area contributed by atoms with Crippen LogP contribution in [-0.4, -0.2) is 57.0 Å². The van der Waals surface area contributed by atoms with Gasteiger partial charge >= 0.3 is 5.97 Å². The number of esters is 1. The summed E-state index contributed by atoms with van der Waals surface area (Å²) in [5.74, 6) is 0.562. The summed E-state index contributed by atoms with van der Waals surface area (Å²) in [5, 5.41) is 0. The van der Waals surface area contributed by atoms with Crippen LogP contribution in [0.15, 0.2) is 0 Å². The fourth-order valence-electron chi connectivity index (χ4n) is 1.65. The number of hydrogen-bond acceptors (Lipinski definition) is 5. The molecule has 0 spiro atoms. The predicted molar refractivity (Wildman–Crippen MR) is 65.5 cm³/mol. The summed E-state index contributed by atoms with van der Waals surface area (Å²) in [5.41, 5.74) is 0. The minimum absolute atomic E-state index is 0.176. The third kappa shape index (κ3) is 6.02. The lowest BCUT2D eigenvalue weighted by atomic mass is 10.1. The first kappa shape index (κ1) is 14.4. The van der Waals surface area contributed by atoms with Gasteiger partial charge in [-0.25, -0.2) is 8.42 Å². The van der Waals surface area contributed by atoms with E-state index in [9.17, 15) is 13.2 Å². The molecule has 0 radical (unpaired) electrons. The maximum absolute atomic E-state index is 11.3. The minimum atomic E-state index is -2.82. The Labute approximate surface area is 103 Å². The molecule has 1 saturated heterocycles. The Balaban J connectivity index is 2.14. The number of sulfone groups is 1. The van der Waals surface area contributed by atoms with E-state index in [0.29, 0.717) is 38.6 Å². The van der Waals surface area contributed by atoms with Crippen molar-refractivity contribution in [3.05, 3.63) is 0 Å². The van der Waals surface area contributed by atoms with Gasteiger partial charge in [0.25, 0.3) is 0 Å². The van der Waals surface area contributed by atoms with Crippen LogP contribution in [0, 0.1) is 5.92 Å². The molecule has 1 rings (SSSR count). The molecule has 0 amide bonds. The van der Waals surface area contributed by atoms with Crippen molar-refractivity contribution < 1.29 is 17.9 Å². The van der Waals surface area contributed by atoms with Crippen LogP contribution in [0.25, 0.3) is 0 Å². The maximum atomic E-state index is 11.3. The summed E-state index contributed by atoms with van der Waals surface area (Å²) >= 11 is 0. The van der Waals surface area contributed by atoms with Crippen LogP contribution < -0.4 is 0 Å². The van der Waals surface area contributed by atoms with Gasteiger partial charge in [0, 0.05) is 26.1 Å². The molecule has 0 aromatic carbocycles. The van der Waals surface area contributed by atoms with Gasteiger partial charge in [-0.15, -0.1) is 0 Å². The Bertz CT molecular complexity index is 336. The van der Waals surface area contributed by atoms with E-state index in [1.807, 2.05) is 18.7 Å². The maximum Gasteiger partial charge on any atom is 0.306 e. The van der Waals surface area contributed by atoms with Gasteiger partial charge < -0.3 is 4.74 Å². The first-order valence-electron chi connectivity index (χ1n) is 5.97. The fraction of sp³-hybridized carbons (Fsp3) is 0.909. The summed E-state index contributed by atoms with van der Waals surface area (Å²) in [6.45, 7) is 6.01. The molecule has 1 aliphatic heterocycles. The fourth-order valence-corrected chi connectivity index (χ4v) is 2.93. The molecule has 0 aromatic heterocycles. The van der Waals surface area contributed by atoms with Crippen molar-refractivity contribution in [2.45, 2.75) is 20.3 Å². The second kappa shape index (κ2) is 6.35. The second-order valence-corrected chi connectivity index (χ2v) is 7.12. The van der Waals surface area contributed by atoms with E-state index in [2.05, 4.69) is 0 Å². The molecule has 1 aliphatic rings. The highest BCUT2D eigenvalue weighted by molar-refractivity contribution is 7.91.